The van der Waals surface area contributed by atoms with Gasteiger partial charge < -0.3 is 14.8 Å². The summed E-state index contributed by atoms with van der Waals surface area (Å²) >= 11 is 1.53. The Hall–Kier alpha value is -4.49. The highest BCUT2D eigenvalue weighted by molar-refractivity contribution is 7.98. The van der Waals surface area contributed by atoms with Crippen LogP contribution < -0.4 is 20.1 Å². The summed E-state index contributed by atoms with van der Waals surface area (Å²) in [5.74, 6) is 0.712. The third-order valence-corrected chi connectivity index (χ3v) is 6.90. The van der Waals surface area contributed by atoms with Gasteiger partial charge in [-0.3, -0.25) is 5.32 Å². The summed E-state index contributed by atoms with van der Waals surface area (Å²) in [4.78, 5) is 26.6. The number of carbonyl (C=O) groups is 2. The minimum Gasteiger partial charge on any atom is -0.410 e. The third kappa shape index (κ3) is 5.14. The summed E-state index contributed by atoms with van der Waals surface area (Å²) in [6, 6.07) is 30.6. The topological polar surface area (TPSA) is 76.7 Å². The number of amides is 2. The highest BCUT2D eigenvalue weighted by atomic mass is 32.2. The first-order valence-electron chi connectivity index (χ1n) is 12.2. The van der Waals surface area contributed by atoms with Gasteiger partial charge in [0, 0.05) is 22.6 Å². The zero-order valence-corrected chi connectivity index (χ0v) is 21.8. The molecule has 0 saturated carbocycles. The van der Waals surface area contributed by atoms with Crippen molar-refractivity contribution in [1.82, 2.24) is 5.32 Å². The molecule has 190 valence electrons. The first kappa shape index (κ1) is 25.2. The van der Waals surface area contributed by atoms with E-state index in [-0.39, 0.29) is 0 Å². The maximum Gasteiger partial charge on any atom is 0.417 e. The summed E-state index contributed by atoms with van der Waals surface area (Å²) in [5.41, 5.74) is 1.99. The lowest BCUT2D eigenvalue weighted by atomic mass is 9.92. The van der Waals surface area contributed by atoms with E-state index in [4.69, 9.17) is 9.47 Å². The second kappa shape index (κ2) is 11.3. The maximum absolute atomic E-state index is 13.1. The molecule has 0 aliphatic rings. The average molecular weight is 523 g/mol. The number of nitrogens with one attached hydrogen (secondary N) is 2. The Morgan fingerprint density at radius 1 is 0.684 bits per heavy atom. The second-order valence-corrected chi connectivity index (χ2v) is 9.30. The van der Waals surface area contributed by atoms with E-state index in [1.165, 1.54) is 11.8 Å². The van der Waals surface area contributed by atoms with Crippen molar-refractivity contribution < 1.29 is 19.1 Å². The summed E-state index contributed by atoms with van der Waals surface area (Å²) in [5, 5.41) is 9.19. The lowest BCUT2D eigenvalue weighted by Gasteiger charge is -2.19. The molecule has 2 amide bonds. The van der Waals surface area contributed by atoms with Gasteiger partial charge in [-0.1, -0.05) is 72.8 Å². The van der Waals surface area contributed by atoms with Crippen molar-refractivity contribution in [1.29, 1.82) is 0 Å². The molecule has 0 radical (unpaired) electrons. The van der Waals surface area contributed by atoms with E-state index in [9.17, 15) is 9.59 Å². The zero-order valence-electron chi connectivity index (χ0n) is 21.0. The van der Waals surface area contributed by atoms with E-state index < -0.39 is 12.2 Å². The van der Waals surface area contributed by atoms with Gasteiger partial charge in [0.15, 0.2) is 0 Å². The molecule has 0 aromatic heterocycles. The van der Waals surface area contributed by atoms with Crippen LogP contribution in [-0.2, 0) is 0 Å². The minimum absolute atomic E-state index is 0.347. The predicted octanol–water partition coefficient (Wildman–Crippen LogP) is 8.10. The van der Waals surface area contributed by atoms with Gasteiger partial charge in [0.1, 0.15) is 11.5 Å². The van der Waals surface area contributed by atoms with E-state index in [1.54, 1.807) is 12.1 Å². The Balaban J connectivity index is 1.68. The molecule has 0 aliphatic carbocycles. The minimum atomic E-state index is -0.616. The number of anilines is 1. The van der Waals surface area contributed by atoms with E-state index >= 15 is 0 Å². The van der Waals surface area contributed by atoms with Crippen LogP contribution in [0.2, 0.25) is 0 Å². The molecule has 0 fully saturated rings. The molecule has 7 heteroatoms. The van der Waals surface area contributed by atoms with Crippen LogP contribution in [0.4, 0.5) is 15.3 Å². The number of thioether (sulfide) groups is 1. The Morgan fingerprint density at radius 2 is 1.21 bits per heavy atom. The summed E-state index contributed by atoms with van der Waals surface area (Å²) in [6.45, 7) is 2.26. The SMILES string of the molecule is CCNC(=O)Oc1ccc2ccccc2c1-c1c(OC(=O)Nc2ccccc2SC)ccc2ccccc12. The van der Waals surface area contributed by atoms with Gasteiger partial charge in [-0.2, -0.15) is 0 Å². The van der Waals surface area contributed by atoms with Crippen LogP contribution in [0.25, 0.3) is 32.7 Å². The van der Waals surface area contributed by atoms with Gasteiger partial charge in [-0.15, -0.1) is 11.8 Å². The molecule has 0 unspecified atom stereocenters. The lowest BCUT2D eigenvalue weighted by Crippen LogP contribution is -2.26. The lowest BCUT2D eigenvalue weighted by molar-refractivity contribution is 0.201. The summed E-state index contributed by atoms with van der Waals surface area (Å²) in [6.07, 6.45) is 0.775. The van der Waals surface area contributed by atoms with Gasteiger partial charge in [-0.05, 0) is 59.0 Å². The largest absolute Gasteiger partial charge is 0.417 e. The fourth-order valence-corrected chi connectivity index (χ4v) is 5.01. The van der Waals surface area contributed by atoms with Crippen molar-refractivity contribution in [2.75, 3.05) is 18.1 Å². The Bertz CT molecular complexity index is 1650. The molecule has 2 N–H and O–H groups in total. The zero-order chi connectivity index (χ0) is 26.5. The van der Waals surface area contributed by atoms with Crippen LogP contribution in [0.3, 0.4) is 0 Å². The molecule has 0 saturated heterocycles. The summed E-state index contributed by atoms with van der Waals surface area (Å²) in [7, 11) is 0. The molecule has 6 nitrogen and oxygen atoms in total. The van der Waals surface area contributed by atoms with Crippen molar-refractivity contribution in [2.45, 2.75) is 11.8 Å². The molecule has 5 rings (SSSR count). The van der Waals surface area contributed by atoms with Crippen molar-refractivity contribution in [3.05, 3.63) is 97.1 Å². The molecule has 0 heterocycles. The number of rotatable bonds is 6. The molecule has 0 spiro atoms. The monoisotopic (exact) mass is 522 g/mol. The molecular formula is C31H26N2O4S. The maximum atomic E-state index is 13.1. The molecule has 0 aliphatic heterocycles. The molecule has 5 aromatic carbocycles. The van der Waals surface area contributed by atoms with E-state index in [1.807, 2.05) is 98.1 Å². The quantitative estimate of drug-likeness (QED) is 0.220. The fourth-order valence-electron chi connectivity index (χ4n) is 4.45. The van der Waals surface area contributed by atoms with E-state index in [2.05, 4.69) is 10.6 Å². The molecule has 0 bridgehead atoms. The van der Waals surface area contributed by atoms with Crippen molar-refractivity contribution >= 4 is 51.2 Å². The highest BCUT2D eigenvalue weighted by Gasteiger charge is 2.22. The van der Waals surface area contributed by atoms with Crippen molar-refractivity contribution in [2.24, 2.45) is 0 Å². The Morgan fingerprint density at radius 3 is 1.79 bits per heavy atom. The van der Waals surface area contributed by atoms with Crippen LogP contribution in [0.15, 0.2) is 102 Å². The van der Waals surface area contributed by atoms with Crippen LogP contribution >= 0.6 is 11.8 Å². The second-order valence-electron chi connectivity index (χ2n) is 8.45. The van der Waals surface area contributed by atoms with Gasteiger partial charge in [0.05, 0.1) is 5.69 Å². The number of benzene rings is 5. The van der Waals surface area contributed by atoms with Gasteiger partial charge in [0.2, 0.25) is 0 Å². The first-order valence-corrected chi connectivity index (χ1v) is 13.4. The number of fused-ring (bicyclic) bond motifs is 2. The number of hydrogen-bond acceptors (Lipinski definition) is 5. The van der Waals surface area contributed by atoms with Crippen LogP contribution in [0.5, 0.6) is 11.5 Å². The molecule has 38 heavy (non-hydrogen) atoms. The van der Waals surface area contributed by atoms with E-state index in [0.717, 1.165) is 26.4 Å². The smallest absolute Gasteiger partial charge is 0.410 e. The van der Waals surface area contributed by atoms with Gasteiger partial charge in [-0.25, -0.2) is 9.59 Å². The average Bonchev–Trinajstić information content (AvgIpc) is 2.93. The first-order chi connectivity index (χ1) is 18.6. The van der Waals surface area contributed by atoms with E-state index in [0.29, 0.717) is 34.9 Å². The molecule has 5 aromatic rings. The number of hydrogen-bond donors (Lipinski definition) is 2. The van der Waals surface area contributed by atoms with Gasteiger partial charge in [0.25, 0.3) is 0 Å². The molecular weight excluding hydrogens is 496 g/mol. The van der Waals surface area contributed by atoms with Crippen LogP contribution in [0.1, 0.15) is 6.92 Å². The Kier molecular flexibility index (Phi) is 7.47. The third-order valence-electron chi connectivity index (χ3n) is 6.10. The van der Waals surface area contributed by atoms with Crippen molar-refractivity contribution in [3.63, 3.8) is 0 Å². The predicted molar refractivity (Wildman–Crippen MR) is 154 cm³/mol. The summed E-state index contributed by atoms with van der Waals surface area (Å²) < 4.78 is 11.7. The standard InChI is InChI=1S/C31H26N2O4S/c1-3-32-30(34)36-25-18-16-20-10-4-6-12-22(20)28(25)29-23-13-7-5-11-21(23)17-19-26(29)37-31(35)33-24-14-8-9-15-27(24)38-2/h4-19H,3H2,1-2H3,(H,32,34)(H,33,35). The number of ether oxygens (including phenoxy) is 2. The van der Waals surface area contributed by atoms with Crippen molar-refractivity contribution in [3.8, 4) is 22.6 Å². The normalized spacial score (nSPS) is 10.8. The van der Waals surface area contributed by atoms with Gasteiger partial charge >= 0.3 is 12.2 Å². The fraction of sp³-hybridized carbons (Fsp3) is 0.0968. The Labute approximate surface area is 225 Å². The number of carbonyl (C=O) groups excluding carboxylic acids is 2. The number of para-hydroxylation sites is 1. The van der Waals surface area contributed by atoms with Crippen LogP contribution in [0, 0.1) is 0 Å². The van der Waals surface area contributed by atoms with Crippen LogP contribution in [-0.4, -0.2) is 25.0 Å². The molecule has 0 atom stereocenters. The highest BCUT2D eigenvalue weighted by Crippen LogP contribution is 2.45.